The van der Waals surface area contributed by atoms with Crippen molar-refractivity contribution >= 4 is 11.9 Å². The minimum atomic E-state index is -2.98. The molecule has 0 spiro atoms. The van der Waals surface area contributed by atoms with Crippen molar-refractivity contribution in [2.45, 2.75) is 142 Å². The monoisotopic (exact) mass is 901 g/mol. The highest BCUT2D eigenvalue weighted by Crippen LogP contribution is 2.37. The number of carbonyl (C=O) groups excluding carboxylic acids is 1. The number of aliphatic hydroxyl groups is 13. The molecule has 5 rings (SSSR count). The molecule has 21 atom stereocenters. The first-order valence-electron chi connectivity index (χ1n) is 19.3. The van der Waals surface area contributed by atoms with E-state index in [-0.39, 0.29) is 5.75 Å². The molecule has 1 aromatic rings. The lowest BCUT2D eigenvalue weighted by molar-refractivity contribution is -0.383. The maximum Gasteiger partial charge on any atom is 0.364 e. The maximum atomic E-state index is 12.8. The molecule has 0 aromatic heterocycles. The molecule has 0 aliphatic carbocycles. The zero-order chi connectivity index (χ0) is 45.8. The molecule has 0 unspecified atom stereocenters. The molecule has 15 N–H and O–H groups in total. The van der Waals surface area contributed by atoms with Crippen LogP contribution in [-0.2, 0) is 42.7 Å². The number of nitrogens with one attached hydrogen (secondary N) is 1. The quantitative estimate of drug-likeness (QED) is 0.0690. The van der Waals surface area contributed by atoms with Crippen LogP contribution in [0.15, 0.2) is 24.3 Å². The molecule has 354 valence electrons. The number of amides is 1. The van der Waals surface area contributed by atoms with Gasteiger partial charge in [-0.15, -0.1) is 0 Å². The van der Waals surface area contributed by atoms with Gasteiger partial charge in [-0.3, -0.25) is 4.79 Å². The SMILES string of the molecule is COc1ccc(O[C@@H]2O[C@H](CO)[C@@H](O[C@@H]3O[C@H](CO[C@]4(C(=O)O)C[C@H](O)[C@@H](NC(C)=O)[C@H]([C@H](O)[C@H](O)CO)O4)[C@H](O)[C@H](O[C@@H]4O[C@H](CO)[C@H](O)[C@H](O)[C@H]4O)[C@H]3O)[C@H](O)[C@H]2O)cc1. The van der Waals surface area contributed by atoms with Gasteiger partial charge in [-0.2, -0.15) is 0 Å². The molecule has 0 saturated carbocycles. The number of carbonyl (C=O) groups is 2. The summed E-state index contributed by atoms with van der Waals surface area (Å²) >= 11 is 0. The molecule has 4 fully saturated rings. The van der Waals surface area contributed by atoms with E-state index < -0.39 is 173 Å². The van der Waals surface area contributed by atoms with Gasteiger partial charge in [-0.05, 0) is 24.3 Å². The van der Waals surface area contributed by atoms with Gasteiger partial charge >= 0.3 is 5.97 Å². The van der Waals surface area contributed by atoms with Gasteiger partial charge in [-0.1, -0.05) is 0 Å². The van der Waals surface area contributed by atoms with Crippen LogP contribution in [0, 0.1) is 0 Å². The third-order valence-corrected chi connectivity index (χ3v) is 10.9. The number of aliphatic carboxylic acids is 1. The average Bonchev–Trinajstić information content (AvgIpc) is 3.25. The Bertz CT molecular complexity index is 1590. The van der Waals surface area contributed by atoms with Gasteiger partial charge in [0.1, 0.15) is 103 Å². The number of benzene rings is 1. The van der Waals surface area contributed by atoms with Crippen molar-refractivity contribution in [1.82, 2.24) is 5.32 Å². The van der Waals surface area contributed by atoms with E-state index in [0.29, 0.717) is 5.75 Å². The van der Waals surface area contributed by atoms with E-state index in [1.165, 1.54) is 31.4 Å². The summed E-state index contributed by atoms with van der Waals surface area (Å²) in [6.07, 6.45) is -37.7. The summed E-state index contributed by atoms with van der Waals surface area (Å²) in [6.45, 7) is -2.96. The highest BCUT2D eigenvalue weighted by Gasteiger charge is 2.58. The second kappa shape index (κ2) is 21.3. The first-order chi connectivity index (χ1) is 29.3. The van der Waals surface area contributed by atoms with E-state index in [1.807, 2.05) is 0 Å². The lowest BCUT2D eigenvalue weighted by atomic mass is 9.88. The normalized spacial score (nSPS) is 42.4. The topological polar surface area (TPSA) is 412 Å². The molecular weight excluding hydrogens is 846 g/mol. The van der Waals surface area contributed by atoms with E-state index in [2.05, 4.69) is 5.32 Å². The van der Waals surface area contributed by atoms with Crippen LogP contribution in [0.4, 0.5) is 0 Å². The van der Waals surface area contributed by atoms with Crippen molar-refractivity contribution in [1.29, 1.82) is 0 Å². The van der Waals surface area contributed by atoms with Crippen LogP contribution >= 0.6 is 0 Å². The number of rotatable bonds is 17. The van der Waals surface area contributed by atoms with Gasteiger partial charge in [0.15, 0.2) is 12.6 Å². The minimum Gasteiger partial charge on any atom is -0.497 e. The predicted molar refractivity (Wildman–Crippen MR) is 194 cm³/mol. The predicted octanol–water partition coefficient (Wildman–Crippen LogP) is -8.30. The third-order valence-electron chi connectivity index (χ3n) is 10.9. The van der Waals surface area contributed by atoms with E-state index in [0.717, 1.165) is 6.92 Å². The van der Waals surface area contributed by atoms with Crippen LogP contribution in [0.2, 0.25) is 0 Å². The van der Waals surface area contributed by atoms with Crippen LogP contribution in [0.5, 0.6) is 11.5 Å². The second-order valence-corrected chi connectivity index (χ2v) is 15.1. The van der Waals surface area contributed by atoms with Crippen LogP contribution in [0.3, 0.4) is 0 Å². The summed E-state index contributed by atoms with van der Waals surface area (Å²) < 4.78 is 50.4. The summed E-state index contributed by atoms with van der Waals surface area (Å²) in [5, 5.41) is 151. The zero-order valence-corrected chi connectivity index (χ0v) is 33.1. The van der Waals surface area contributed by atoms with Gasteiger partial charge in [0.05, 0.1) is 45.7 Å². The number of aliphatic hydroxyl groups excluding tert-OH is 13. The number of carboxylic acid groups (broad SMARTS) is 1. The average molecular weight is 902 g/mol. The largest absolute Gasteiger partial charge is 0.497 e. The summed E-state index contributed by atoms with van der Waals surface area (Å²) in [6, 6.07) is 4.41. The van der Waals surface area contributed by atoms with Crippen LogP contribution in [0.1, 0.15) is 13.3 Å². The Morgan fingerprint density at radius 3 is 1.89 bits per heavy atom. The summed E-state index contributed by atoms with van der Waals surface area (Å²) in [5.41, 5.74) is 0. The maximum absolute atomic E-state index is 12.8. The molecule has 4 heterocycles. The molecule has 26 heteroatoms. The molecule has 62 heavy (non-hydrogen) atoms. The van der Waals surface area contributed by atoms with E-state index in [9.17, 15) is 81.1 Å². The number of hydrogen-bond acceptors (Lipinski definition) is 24. The smallest absolute Gasteiger partial charge is 0.364 e. The number of carboxylic acids is 1. The van der Waals surface area contributed by atoms with E-state index in [4.69, 9.17) is 42.6 Å². The van der Waals surface area contributed by atoms with E-state index in [1.54, 1.807) is 0 Å². The Morgan fingerprint density at radius 2 is 1.31 bits per heavy atom. The molecule has 4 saturated heterocycles. The van der Waals surface area contributed by atoms with Crippen LogP contribution in [0.25, 0.3) is 0 Å². The first kappa shape index (κ1) is 50.0. The number of methoxy groups -OCH3 is 1. The Kier molecular flexibility index (Phi) is 17.2. The zero-order valence-electron chi connectivity index (χ0n) is 33.1. The Labute approximate surface area is 351 Å². The van der Waals surface area contributed by atoms with Crippen molar-refractivity contribution in [2.24, 2.45) is 0 Å². The number of ether oxygens (including phenoxy) is 9. The van der Waals surface area contributed by atoms with Crippen molar-refractivity contribution in [3.63, 3.8) is 0 Å². The fourth-order valence-corrected chi connectivity index (χ4v) is 7.40. The molecular formula is C36H55NO25. The summed E-state index contributed by atoms with van der Waals surface area (Å²) in [7, 11) is 1.43. The van der Waals surface area contributed by atoms with Crippen molar-refractivity contribution in [3.05, 3.63) is 24.3 Å². The van der Waals surface area contributed by atoms with Crippen molar-refractivity contribution < 1.29 is 124 Å². The number of hydrogen-bond donors (Lipinski definition) is 15. The molecule has 4 aliphatic rings. The fourth-order valence-electron chi connectivity index (χ4n) is 7.40. The lowest BCUT2D eigenvalue weighted by Crippen LogP contribution is -2.69. The van der Waals surface area contributed by atoms with Gasteiger partial charge in [0, 0.05) is 13.3 Å². The van der Waals surface area contributed by atoms with Gasteiger partial charge in [-0.25, -0.2) is 4.79 Å². The fraction of sp³-hybridized carbons (Fsp3) is 0.778. The summed E-state index contributed by atoms with van der Waals surface area (Å²) in [4.78, 5) is 24.8. The molecule has 0 bridgehead atoms. The summed E-state index contributed by atoms with van der Waals surface area (Å²) in [5.74, 6) is -5.07. The van der Waals surface area contributed by atoms with Crippen molar-refractivity contribution in [3.8, 4) is 11.5 Å². The van der Waals surface area contributed by atoms with Crippen LogP contribution < -0.4 is 14.8 Å². The third kappa shape index (κ3) is 10.7. The van der Waals surface area contributed by atoms with Gasteiger partial charge in [0.2, 0.25) is 12.2 Å². The van der Waals surface area contributed by atoms with E-state index >= 15 is 0 Å². The second-order valence-electron chi connectivity index (χ2n) is 15.1. The van der Waals surface area contributed by atoms with Gasteiger partial charge < -0.3 is 119 Å². The lowest BCUT2D eigenvalue weighted by Gasteiger charge is -2.49. The minimum absolute atomic E-state index is 0.152. The molecule has 4 aliphatic heterocycles. The standard InChI is InChI=1S/C36H55NO25/c1-12(41)37-20-15(42)7-36(35(52)53,62-30(20)21(44)16(43)8-38)55-11-19-23(46)31(61-33-26(49)24(47)22(45)17(9-39)57-33)28(51)34(59-19)60-29-18(10-40)58-32(27(50)25(29)48)56-14-5-3-13(54-2)4-6-14/h3-6,15-34,38-40,42-51H,7-11H2,1-2H3,(H,37,41)(H,52,53)/t15-,16+,17+,18+,19+,20+,21+,22-,23-,24-,25+,26+,27+,28+,29+,30+,31-,32+,33-,34-,36+/m0/s1. The highest BCUT2D eigenvalue weighted by atomic mass is 16.8. The first-order valence-corrected chi connectivity index (χ1v) is 19.3. The molecule has 0 radical (unpaired) electrons. The molecule has 1 amide bonds. The Balaban J connectivity index is 1.43. The Morgan fingerprint density at radius 1 is 0.742 bits per heavy atom. The molecule has 1 aromatic carbocycles. The molecule has 26 nitrogen and oxygen atoms in total. The highest BCUT2D eigenvalue weighted by molar-refractivity contribution is 5.76. The van der Waals surface area contributed by atoms with Crippen molar-refractivity contribution in [2.75, 3.05) is 33.5 Å². The van der Waals surface area contributed by atoms with Gasteiger partial charge in [0.25, 0.3) is 5.79 Å². The Hall–Kier alpha value is -3.04. The van der Waals surface area contributed by atoms with Crippen LogP contribution in [-0.4, -0.2) is 245 Å².